The molecule has 138 valence electrons. The smallest absolute Gasteiger partial charge is 0.266 e. The van der Waals surface area contributed by atoms with Crippen molar-refractivity contribution in [2.45, 2.75) is 38.3 Å². The van der Waals surface area contributed by atoms with E-state index in [-0.39, 0.29) is 11.9 Å². The summed E-state index contributed by atoms with van der Waals surface area (Å²) in [6.07, 6.45) is 1.88. The van der Waals surface area contributed by atoms with Crippen molar-refractivity contribution in [2.24, 2.45) is 0 Å². The molecule has 3 rings (SSSR count). The van der Waals surface area contributed by atoms with Crippen LogP contribution in [0.5, 0.6) is 5.75 Å². The molecule has 0 spiro atoms. The van der Waals surface area contributed by atoms with Gasteiger partial charge in [-0.25, -0.2) is 0 Å². The summed E-state index contributed by atoms with van der Waals surface area (Å²) in [5.74, 6) is 0.388. The van der Waals surface area contributed by atoms with Crippen LogP contribution < -0.4 is 10.5 Å². The van der Waals surface area contributed by atoms with E-state index in [2.05, 4.69) is 0 Å². The lowest BCUT2D eigenvalue weighted by Gasteiger charge is -2.34. The fourth-order valence-electron chi connectivity index (χ4n) is 3.32. The largest absolute Gasteiger partial charge is 0.476 e. The van der Waals surface area contributed by atoms with E-state index in [9.17, 15) is 4.79 Å². The summed E-state index contributed by atoms with van der Waals surface area (Å²) < 4.78 is 5.97. The number of hydrogen-bond donors (Lipinski definition) is 1. The molecule has 2 aromatic rings. The molecule has 0 radical (unpaired) electrons. The van der Waals surface area contributed by atoms with Crippen LogP contribution in [0.3, 0.4) is 0 Å². The van der Waals surface area contributed by atoms with Crippen molar-refractivity contribution >= 4 is 34.8 Å². The van der Waals surface area contributed by atoms with Gasteiger partial charge < -0.3 is 15.4 Å². The second kappa shape index (κ2) is 7.37. The van der Waals surface area contributed by atoms with Crippen molar-refractivity contribution < 1.29 is 9.53 Å². The molecule has 1 unspecified atom stereocenters. The number of halogens is 2. The molecule has 0 saturated carbocycles. The van der Waals surface area contributed by atoms with Crippen molar-refractivity contribution in [3.8, 4) is 5.75 Å². The lowest BCUT2D eigenvalue weighted by Crippen LogP contribution is -2.48. The van der Waals surface area contributed by atoms with Gasteiger partial charge >= 0.3 is 0 Å². The quantitative estimate of drug-likeness (QED) is 0.736. The summed E-state index contributed by atoms with van der Waals surface area (Å²) in [6, 6.07) is 12.7. The number of amides is 1. The summed E-state index contributed by atoms with van der Waals surface area (Å²) in [7, 11) is 0. The second-order valence-electron chi connectivity index (χ2n) is 7.00. The Balaban J connectivity index is 1.80. The molecule has 1 heterocycles. The molecule has 2 aromatic carbocycles. The highest BCUT2D eigenvalue weighted by molar-refractivity contribution is 6.31. The van der Waals surface area contributed by atoms with E-state index >= 15 is 0 Å². The van der Waals surface area contributed by atoms with E-state index in [0.29, 0.717) is 28.0 Å². The van der Waals surface area contributed by atoms with Crippen LogP contribution >= 0.6 is 23.2 Å². The summed E-state index contributed by atoms with van der Waals surface area (Å²) in [6.45, 7) is 4.23. The Morgan fingerprint density at radius 3 is 2.46 bits per heavy atom. The molecule has 2 N–H and O–H groups in total. The van der Waals surface area contributed by atoms with Crippen LogP contribution in [0, 0.1) is 0 Å². The molecule has 6 heteroatoms. The minimum Gasteiger partial charge on any atom is -0.476 e. The predicted octanol–water partition coefficient (Wildman–Crippen LogP) is 5.10. The summed E-state index contributed by atoms with van der Waals surface area (Å²) in [5, 5.41) is 1.22. The molecule has 1 aliphatic heterocycles. The highest BCUT2D eigenvalue weighted by Crippen LogP contribution is 2.36. The Morgan fingerprint density at radius 2 is 1.81 bits per heavy atom. The van der Waals surface area contributed by atoms with Gasteiger partial charge in [-0.3, -0.25) is 4.79 Å². The van der Waals surface area contributed by atoms with Gasteiger partial charge in [0.15, 0.2) is 5.60 Å². The van der Waals surface area contributed by atoms with Crippen LogP contribution in [0.25, 0.3) is 0 Å². The van der Waals surface area contributed by atoms with Gasteiger partial charge in [0.05, 0.1) is 11.7 Å². The topological polar surface area (TPSA) is 55.6 Å². The van der Waals surface area contributed by atoms with Crippen LogP contribution in [-0.4, -0.2) is 23.0 Å². The first-order valence-corrected chi connectivity index (χ1v) is 9.34. The summed E-state index contributed by atoms with van der Waals surface area (Å²) in [5.41, 5.74) is 6.42. The zero-order valence-electron chi connectivity index (χ0n) is 14.8. The number of nitrogens with two attached hydrogens (primary N) is 1. The number of rotatable bonds is 4. The van der Waals surface area contributed by atoms with Crippen LogP contribution in [0.15, 0.2) is 42.5 Å². The van der Waals surface area contributed by atoms with Gasteiger partial charge in [0.2, 0.25) is 0 Å². The fourth-order valence-corrected chi connectivity index (χ4v) is 3.62. The normalized spacial score (nSPS) is 17.4. The number of benzene rings is 2. The average molecular weight is 393 g/mol. The third-order valence-corrected chi connectivity index (χ3v) is 5.11. The Labute approximate surface area is 163 Å². The van der Waals surface area contributed by atoms with E-state index in [1.807, 2.05) is 29.2 Å². The average Bonchev–Trinajstić information content (AvgIpc) is 3.07. The van der Waals surface area contributed by atoms with Gasteiger partial charge in [0.1, 0.15) is 5.75 Å². The Kier molecular flexibility index (Phi) is 5.35. The number of nitrogen functional groups attached to an aromatic ring is 1. The molecular weight excluding hydrogens is 371 g/mol. The molecule has 1 fully saturated rings. The monoisotopic (exact) mass is 392 g/mol. The van der Waals surface area contributed by atoms with Gasteiger partial charge in [0, 0.05) is 16.6 Å². The van der Waals surface area contributed by atoms with E-state index in [1.54, 1.807) is 32.0 Å². The maximum atomic E-state index is 13.2. The molecule has 1 atom stereocenters. The van der Waals surface area contributed by atoms with Gasteiger partial charge in [-0.05, 0) is 62.6 Å². The van der Waals surface area contributed by atoms with Gasteiger partial charge in [-0.15, -0.1) is 0 Å². The standard InChI is InChI=1S/C20H22Cl2N2O2/c1-20(2,26-18-10-9-15(22)12-16(18)23)19(25)24-11-3-4-17(24)13-5-7-14(21)8-6-13/h5-10,12,17H,3-4,11,23H2,1-2H3. The maximum Gasteiger partial charge on any atom is 0.266 e. The number of carbonyl (C=O) groups is 1. The SMILES string of the molecule is CC(C)(Oc1ccc(Cl)cc1N)C(=O)N1CCCC1c1ccc(Cl)cc1. The van der Waals surface area contributed by atoms with Crippen molar-refractivity contribution in [1.29, 1.82) is 0 Å². The minimum atomic E-state index is -1.04. The van der Waals surface area contributed by atoms with Crippen molar-refractivity contribution in [2.75, 3.05) is 12.3 Å². The third-order valence-electron chi connectivity index (χ3n) is 4.62. The molecule has 0 aliphatic carbocycles. The van der Waals surface area contributed by atoms with Gasteiger partial charge in [-0.2, -0.15) is 0 Å². The van der Waals surface area contributed by atoms with Crippen LogP contribution in [0.1, 0.15) is 38.3 Å². The number of likely N-dealkylation sites (tertiary alicyclic amines) is 1. The van der Waals surface area contributed by atoms with E-state index < -0.39 is 5.60 Å². The highest BCUT2D eigenvalue weighted by Gasteiger charge is 2.40. The lowest BCUT2D eigenvalue weighted by atomic mass is 10.0. The first-order valence-electron chi connectivity index (χ1n) is 8.58. The number of carbonyl (C=O) groups excluding carboxylic acids is 1. The first kappa shape index (κ1) is 18.9. The zero-order chi connectivity index (χ0) is 18.9. The number of hydrogen-bond acceptors (Lipinski definition) is 3. The fraction of sp³-hybridized carbons (Fsp3) is 0.350. The molecule has 1 amide bonds. The Hall–Kier alpha value is -1.91. The third kappa shape index (κ3) is 3.92. The highest BCUT2D eigenvalue weighted by atomic mass is 35.5. The minimum absolute atomic E-state index is 0.0326. The molecule has 4 nitrogen and oxygen atoms in total. The van der Waals surface area contributed by atoms with E-state index in [0.717, 1.165) is 18.4 Å². The molecule has 0 bridgehead atoms. The Bertz CT molecular complexity index is 806. The molecule has 1 saturated heterocycles. The number of anilines is 1. The van der Waals surface area contributed by atoms with Crippen LogP contribution in [0.2, 0.25) is 10.0 Å². The number of nitrogens with zero attached hydrogens (tertiary/aromatic N) is 1. The van der Waals surface area contributed by atoms with Crippen molar-refractivity contribution in [1.82, 2.24) is 4.90 Å². The number of ether oxygens (including phenoxy) is 1. The first-order chi connectivity index (χ1) is 12.3. The Morgan fingerprint density at radius 1 is 1.15 bits per heavy atom. The molecule has 0 aromatic heterocycles. The van der Waals surface area contributed by atoms with Gasteiger partial charge in [0.25, 0.3) is 5.91 Å². The van der Waals surface area contributed by atoms with Crippen molar-refractivity contribution in [3.63, 3.8) is 0 Å². The maximum absolute atomic E-state index is 13.2. The second-order valence-corrected chi connectivity index (χ2v) is 7.88. The van der Waals surface area contributed by atoms with Crippen molar-refractivity contribution in [3.05, 3.63) is 58.1 Å². The molecule has 26 heavy (non-hydrogen) atoms. The zero-order valence-corrected chi connectivity index (χ0v) is 16.3. The van der Waals surface area contributed by atoms with E-state index in [1.165, 1.54) is 0 Å². The summed E-state index contributed by atoms with van der Waals surface area (Å²) >= 11 is 11.9. The predicted molar refractivity (Wildman–Crippen MR) is 106 cm³/mol. The van der Waals surface area contributed by atoms with Crippen LogP contribution in [0.4, 0.5) is 5.69 Å². The van der Waals surface area contributed by atoms with Crippen LogP contribution in [-0.2, 0) is 4.79 Å². The molecular formula is C20H22Cl2N2O2. The van der Waals surface area contributed by atoms with Gasteiger partial charge in [-0.1, -0.05) is 35.3 Å². The molecule has 1 aliphatic rings. The lowest BCUT2D eigenvalue weighted by molar-refractivity contribution is -0.146. The summed E-state index contributed by atoms with van der Waals surface area (Å²) in [4.78, 5) is 15.1. The van der Waals surface area contributed by atoms with E-state index in [4.69, 9.17) is 33.7 Å².